The Bertz CT molecular complexity index is 824. The van der Waals surface area contributed by atoms with Gasteiger partial charge in [0.25, 0.3) is 0 Å². The molecule has 0 bridgehead atoms. The highest BCUT2D eigenvalue weighted by molar-refractivity contribution is 9.10. The van der Waals surface area contributed by atoms with E-state index in [1.54, 1.807) is 12.1 Å². The van der Waals surface area contributed by atoms with E-state index in [4.69, 9.17) is 0 Å². The lowest BCUT2D eigenvalue weighted by atomic mass is 10.2. The predicted molar refractivity (Wildman–Crippen MR) is 80.5 cm³/mol. The monoisotopic (exact) mass is 330 g/mol. The van der Waals surface area contributed by atoms with Gasteiger partial charge >= 0.3 is 5.97 Å². The Morgan fingerprint density at radius 1 is 1.20 bits per heavy atom. The summed E-state index contributed by atoms with van der Waals surface area (Å²) in [6, 6.07) is 12.8. The first-order chi connectivity index (χ1) is 9.59. The Hall–Kier alpha value is -2.14. The first kappa shape index (κ1) is 12.9. The van der Waals surface area contributed by atoms with Gasteiger partial charge in [-0.3, -0.25) is 4.57 Å². The number of hydrogen-bond donors (Lipinski definition) is 1. The van der Waals surface area contributed by atoms with Gasteiger partial charge in [0, 0.05) is 4.47 Å². The molecule has 3 rings (SSSR count). The van der Waals surface area contributed by atoms with Crippen LogP contribution < -0.4 is 0 Å². The molecule has 0 atom stereocenters. The molecule has 4 nitrogen and oxygen atoms in total. The number of para-hydroxylation sites is 2. The number of carboxylic acid groups (broad SMARTS) is 1. The zero-order valence-corrected chi connectivity index (χ0v) is 12.3. The number of aromatic carboxylic acids is 1. The highest BCUT2D eigenvalue weighted by Gasteiger charge is 2.17. The SMILES string of the molecule is Cc1nc2cccc(C(=O)O)c2n1-c1ccccc1Br. The third-order valence-corrected chi connectivity index (χ3v) is 3.84. The number of carboxylic acids is 1. The van der Waals surface area contributed by atoms with Crippen molar-refractivity contribution in [3.63, 3.8) is 0 Å². The maximum atomic E-state index is 11.4. The second-order valence-electron chi connectivity index (χ2n) is 4.42. The van der Waals surface area contributed by atoms with E-state index in [0.717, 1.165) is 16.0 Å². The molecular formula is C15H11BrN2O2. The Morgan fingerprint density at radius 2 is 1.95 bits per heavy atom. The number of halogens is 1. The lowest BCUT2D eigenvalue weighted by Gasteiger charge is -2.10. The fourth-order valence-corrected chi connectivity index (χ4v) is 2.81. The van der Waals surface area contributed by atoms with Crippen LogP contribution in [0.25, 0.3) is 16.7 Å². The number of aromatic nitrogens is 2. The van der Waals surface area contributed by atoms with Crippen LogP contribution in [-0.4, -0.2) is 20.6 Å². The Labute approximate surface area is 123 Å². The van der Waals surface area contributed by atoms with Crippen LogP contribution >= 0.6 is 15.9 Å². The van der Waals surface area contributed by atoms with Gasteiger partial charge in [-0.15, -0.1) is 0 Å². The summed E-state index contributed by atoms with van der Waals surface area (Å²) in [5.74, 6) is -0.204. The number of imidazole rings is 1. The third kappa shape index (κ3) is 1.91. The molecule has 0 aliphatic carbocycles. The number of fused-ring (bicyclic) bond motifs is 1. The van der Waals surface area contributed by atoms with Gasteiger partial charge in [0.2, 0.25) is 0 Å². The van der Waals surface area contributed by atoms with Crippen molar-refractivity contribution >= 4 is 32.9 Å². The van der Waals surface area contributed by atoms with Crippen molar-refractivity contribution in [3.05, 3.63) is 58.3 Å². The van der Waals surface area contributed by atoms with Crippen LogP contribution in [0, 0.1) is 6.92 Å². The quantitative estimate of drug-likeness (QED) is 0.777. The number of benzene rings is 2. The predicted octanol–water partition coefficient (Wildman–Crippen LogP) is 3.79. The van der Waals surface area contributed by atoms with Crippen LogP contribution in [0.2, 0.25) is 0 Å². The van der Waals surface area contributed by atoms with Crippen LogP contribution in [0.3, 0.4) is 0 Å². The zero-order valence-electron chi connectivity index (χ0n) is 10.7. The first-order valence-electron chi connectivity index (χ1n) is 6.06. The fourth-order valence-electron chi connectivity index (χ4n) is 2.34. The van der Waals surface area contributed by atoms with E-state index in [1.807, 2.05) is 41.8 Å². The minimum absolute atomic E-state index is 0.249. The maximum Gasteiger partial charge on any atom is 0.337 e. The second kappa shape index (κ2) is 4.76. The second-order valence-corrected chi connectivity index (χ2v) is 5.28. The van der Waals surface area contributed by atoms with E-state index < -0.39 is 5.97 Å². The standard InChI is InChI=1S/C15H11BrN2O2/c1-9-17-12-7-4-5-10(15(19)20)14(12)18(9)13-8-3-2-6-11(13)16/h2-8H,1H3,(H,19,20). The van der Waals surface area contributed by atoms with Crippen molar-refractivity contribution in [1.29, 1.82) is 0 Å². The molecule has 1 heterocycles. The average Bonchev–Trinajstić information content (AvgIpc) is 2.75. The highest BCUT2D eigenvalue weighted by Crippen LogP contribution is 2.28. The number of hydrogen-bond acceptors (Lipinski definition) is 2. The summed E-state index contributed by atoms with van der Waals surface area (Å²) in [7, 11) is 0. The summed E-state index contributed by atoms with van der Waals surface area (Å²) >= 11 is 3.50. The molecule has 5 heteroatoms. The van der Waals surface area contributed by atoms with E-state index in [1.165, 1.54) is 0 Å². The van der Waals surface area contributed by atoms with Crippen molar-refractivity contribution in [3.8, 4) is 5.69 Å². The molecule has 0 aliphatic rings. The van der Waals surface area contributed by atoms with Gasteiger partial charge in [0.15, 0.2) is 0 Å². The van der Waals surface area contributed by atoms with Crippen LogP contribution in [0.5, 0.6) is 0 Å². The number of aryl methyl sites for hydroxylation is 1. The van der Waals surface area contributed by atoms with Gasteiger partial charge in [-0.25, -0.2) is 9.78 Å². The van der Waals surface area contributed by atoms with E-state index >= 15 is 0 Å². The van der Waals surface area contributed by atoms with Crippen molar-refractivity contribution in [1.82, 2.24) is 9.55 Å². The summed E-state index contributed by atoms with van der Waals surface area (Å²) in [6.07, 6.45) is 0. The average molecular weight is 331 g/mol. The summed E-state index contributed by atoms with van der Waals surface area (Å²) in [6.45, 7) is 1.87. The maximum absolute atomic E-state index is 11.4. The van der Waals surface area contributed by atoms with Gasteiger partial charge < -0.3 is 5.11 Å². The van der Waals surface area contributed by atoms with Crippen LogP contribution in [-0.2, 0) is 0 Å². The van der Waals surface area contributed by atoms with Crippen LogP contribution in [0.1, 0.15) is 16.2 Å². The van der Waals surface area contributed by atoms with Crippen LogP contribution in [0.4, 0.5) is 0 Å². The third-order valence-electron chi connectivity index (χ3n) is 3.17. The Morgan fingerprint density at radius 3 is 2.65 bits per heavy atom. The van der Waals surface area contributed by atoms with Crippen molar-refractivity contribution in [2.45, 2.75) is 6.92 Å². The largest absolute Gasteiger partial charge is 0.478 e. The Kier molecular flexibility index (Phi) is 3.06. The van der Waals surface area contributed by atoms with Gasteiger partial charge in [0.05, 0.1) is 22.3 Å². The lowest BCUT2D eigenvalue weighted by Crippen LogP contribution is -2.03. The fraction of sp³-hybridized carbons (Fsp3) is 0.0667. The van der Waals surface area contributed by atoms with E-state index in [-0.39, 0.29) is 5.56 Å². The summed E-state index contributed by atoms with van der Waals surface area (Å²) in [5, 5.41) is 9.38. The molecule has 1 N–H and O–H groups in total. The molecule has 0 radical (unpaired) electrons. The van der Waals surface area contributed by atoms with E-state index in [0.29, 0.717) is 11.0 Å². The highest BCUT2D eigenvalue weighted by atomic mass is 79.9. The summed E-state index contributed by atoms with van der Waals surface area (Å²) in [4.78, 5) is 15.9. The molecule has 0 fully saturated rings. The molecule has 1 aromatic heterocycles. The van der Waals surface area contributed by atoms with Gasteiger partial charge in [0.1, 0.15) is 5.82 Å². The molecule has 0 saturated heterocycles. The first-order valence-corrected chi connectivity index (χ1v) is 6.85. The molecule has 0 saturated carbocycles. The molecule has 0 spiro atoms. The molecule has 20 heavy (non-hydrogen) atoms. The minimum atomic E-state index is -0.955. The normalized spacial score (nSPS) is 10.9. The topological polar surface area (TPSA) is 55.1 Å². The zero-order chi connectivity index (χ0) is 14.3. The molecule has 0 unspecified atom stereocenters. The number of nitrogens with zero attached hydrogens (tertiary/aromatic N) is 2. The van der Waals surface area contributed by atoms with E-state index in [2.05, 4.69) is 20.9 Å². The molecule has 0 aliphatic heterocycles. The van der Waals surface area contributed by atoms with Gasteiger partial charge in [-0.05, 0) is 47.1 Å². The molecule has 3 aromatic rings. The summed E-state index contributed by atoms with van der Waals surface area (Å²) in [5.41, 5.74) is 2.42. The molecule has 0 amide bonds. The van der Waals surface area contributed by atoms with Crippen LogP contribution in [0.15, 0.2) is 46.9 Å². The number of rotatable bonds is 2. The van der Waals surface area contributed by atoms with Crippen molar-refractivity contribution in [2.75, 3.05) is 0 Å². The lowest BCUT2D eigenvalue weighted by molar-refractivity contribution is 0.0698. The summed E-state index contributed by atoms with van der Waals surface area (Å²) < 4.78 is 2.76. The van der Waals surface area contributed by atoms with E-state index in [9.17, 15) is 9.90 Å². The van der Waals surface area contributed by atoms with Crippen molar-refractivity contribution in [2.24, 2.45) is 0 Å². The Balaban J connectivity index is 2.44. The smallest absolute Gasteiger partial charge is 0.337 e. The van der Waals surface area contributed by atoms with Gasteiger partial charge in [-0.2, -0.15) is 0 Å². The molecule has 100 valence electrons. The molecular weight excluding hydrogens is 320 g/mol. The molecule has 2 aromatic carbocycles. The minimum Gasteiger partial charge on any atom is -0.478 e. The van der Waals surface area contributed by atoms with Gasteiger partial charge in [-0.1, -0.05) is 18.2 Å². The van der Waals surface area contributed by atoms with Crippen molar-refractivity contribution < 1.29 is 9.90 Å². The number of carbonyl (C=O) groups is 1.